The highest BCUT2D eigenvalue weighted by Gasteiger charge is 2.14. The summed E-state index contributed by atoms with van der Waals surface area (Å²) in [6.07, 6.45) is 2.28. The quantitative estimate of drug-likeness (QED) is 0.574. The van der Waals surface area contributed by atoms with Crippen molar-refractivity contribution in [2.45, 2.75) is 12.8 Å². The molecule has 27 heavy (non-hydrogen) atoms. The largest absolute Gasteiger partial charge is 0.493 e. The van der Waals surface area contributed by atoms with E-state index in [0.29, 0.717) is 22.9 Å². The number of methoxy groups -OCH3 is 2. The van der Waals surface area contributed by atoms with E-state index in [-0.39, 0.29) is 6.42 Å². The fourth-order valence-electron chi connectivity index (χ4n) is 2.71. The highest BCUT2D eigenvalue weighted by atomic mass is 35.5. The van der Waals surface area contributed by atoms with Crippen LogP contribution in [0.15, 0.2) is 36.4 Å². The summed E-state index contributed by atoms with van der Waals surface area (Å²) >= 11 is 7.83. The van der Waals surface area contributed by atoms with Gasteiger partial charge in [0.05, 0.1) is 29.5 Å². The lowest BCUT2D eigenvalue weighted by Crippen LogP contribution is -1.96. The van der Waals surface area contributed by atoms with Crippen molar-refractivity contribution >= 4 is 50.8 Å². The molecular weight excluding hydrogens is 386 g/mol. The van der Waals surface area contributed by atoms with Crippen LogP contribution in [-0.2, 0) is 4.79 Å². The molecule has 0 spiro atoms. The maximum Gasteiger partial charge on any atom is 0.303 e. The van der Waals surface area contributed by atoms with Crippen molar-refractivity contribution in [1.82, 2.24) is 4.98 Å². The number of nitrogens with zero attached hydrogens (tertiary/aromatic N) is 1. The minimum absolute atomic E-state index is 0.0166. The smallest absolute Gasteiger partial charge is 0.303 e. The van der Waals surface area contributed by atoms with E-state index in [1.165, 1.54) is 18.4 Å². The lowest BCUT2D eigenvalue weighted by molar-refractivity contribution is -0.136. The van der Waals surface area contributed by atoms with Crippen LogP contribution in [0.4, 0.5) is 0 Å². The van der Waals surface area contributed by atoms with E-state index >= 15 is 0 Å². The summed E-state index contributed by atoms with van der Waals surface area (Å²) in [5.74, 6) is 0.119. The molecule has 3 aromatic rings. The Kier molecular flexibility index (Phi) is 5.98. The van der Waals surface area contributed by atoms with E-state index in [2.05, 4.69) is 4.98 Å². The fraction of sp³-hybridized carbons (Fsp3) is 0.200. The molecule has 1 N–H and O–H groups in total. The molecular formula is C20H18ClNO4S. The van der Waals surface area contributed by atoms with Gasteiger partial charge in [0.2, 0.25) is 0 Å². The van der Waals surface area contributed by atoms with Crippen molar-refractivity contribution in [2.24, 2.45) is 0 Å². The van der Waals surface area contributed by atoms with Crippen molar-refractivity contribution in [1.29, 1.82) is 0 Å². The van der Waals surface area contributed by atoms with Crippen LogP contribution in [0.2, 0.25) is 5.02 Å². The van der Waals surface area contributed by atoms with E-state index in [1.807, 2.05) is 30.3 Å². The standard InChI is InChI=1S/C20H18ClNO4S/c1-25-16-11-12(10-14(21)19(16)26-2)9-13(7-8-18(23)24)20-22-15-5-3-4-6-17(15)27-20/h3-6,9-11H,7-8H2,1-2H3,(H,23,24)/b13-9+. The van der Waals surface area contributed by atoms with Gasteiger partial charge in [-0.2, -0.15) is 0 Å². The average molecular weight is 404 g/mol. The number of rotatable bonds is 7. The number of aromatic nitrogens is 1. The topological polar surface area (TPSA) is 68.7 Å². The number of fused-ring (bicyclic) bond motifs is 1. The van der Waals surface area contributed by atoms with Crippen LogP contribution in [-0.4, -0.2) is 30.3 Å². The van der Waals surface area contributed by atoms with Crippen LogP contribution in [0.5, 0.6) is 11.5 Å². The second-order valence-corrected chi connectivity index (χ2v) is 7.23. The monoisotopic (exact) mass is 403 g/mol. The summed E-state index contributed by atoms with van der Waals surface area (Å²) < 4.78 is 11.7. The van der Waals surface area contributed by atoms with E-state index < -0.39 is 5.97 Å². The van der Waals surface area contributed by atoms with Gasteiger partial charge in [0.25, 0.3) is 0 Å². The van der Waals surface area contributed by atoms with Crippen molar-refractivity contribution < 1.29 is 19.4 Å². The van der Waals surface area contributed by atoms with Gasteiger partial charge in [0.1, 0.15) is 5.01 Å². The zero-order valence-corrected chi connectivity index (χ0v) is 16.4. The molecule has 1 heterocycles. The van der Waals surface area contributed by atoms with Gasteiger partial charge in [-0.3, -0.25) is 4.79 Å². The number of hydrogen-bond donors (Lipinski definition) is 1. The van der Waals surface area contributed by atoms with E-state index in [4.69, 9.17) is 26.2 Å². The number of carboxylic acids is 1. The molecule has 0 aliphatic rings. The Morgan fingerprint density at radius 1 is 1.22 bits per heavy atom. The zero-order valence-electron chi connectivity index (χ0n) is 14.9. The predicted molar refractivity (Wildman–Crippen MR) is 109 cm³/mol. The highest BCUT2D eigenvalue weighted by molar-refractivity contribution is 7.19. The molecule has 2 aromatic carbocycles. The van der Waals surface area contributed by atoms with Crippen LogP contribution < -0.4 is 9.47 Å². The summed E-state index contributed by atoms with van der Waals surface area (Å²) in [4.78, 5) is 15.8. The molecule has 0 atom stereocenters. The lowest BCUT2D eigenvalue weighted by atomic mass is 10.1. The number of hydrogen-bond acceptors (Lipinski definition) is 5. The van der Waals surface area contributed by atoms with Crippen LogP contribution in [0.3, 0.4) is 0 Å². The summed E-state index contributed by atoms with van der Waals surface area (Å²) in [6.45, 7) is 0. The predicted octanol–water partition coefficient (Wildman–Crippen LogP) is 5.37. The number of halogens is 1. The Hall–Kier alpha value is -2.57. The van der Waals surface area contributed by atoms with Gasteiger partial charge < -0.3 is 14.6 Å². The van der Waals surface area contributed by atoms with Gasteiger partial charge in [-0.05, 0) is 47.9 Å². The molecule has 3 rings (SSSR count). The minimum Gasteiger partial charge on any atom is -0.493 e. The van der Waals surface area contributed by atoms with Gasteiger partial charge >= 0.3 is 5.97 Å². The number of ether oxygens (including phenoxy) is 2. The SMILES string of the molecule is COc1cc(/C=C(\CCC(=O)O)c2nc3ccccc3s2)cc(Cl)c1OC. The molecule has 0 amide bonds. The maximum atomic E-state index is 11.1. The van der Waals surface area contributed by atoms with Crippen LogP contribution in [0.1, 0.15) is 23.4 Å². The second kappa shape index (κ2) is 8.41. The first-order valence-corrected chi connectivity index (χ1v) is 9.41. The van der Waals surface area contributed by atoms with Crippen molar-refractivity contribution in [3.63, 3.8) is 0 Å². The number of carbonyl (C=O) groups is 1. The van der Waals surface area contributed by atoms with Gasteiger partial charge in [0.15, 0.2) is 11.5 Å². The number of thiazole rings is 1. The molecule has 0 aliphatic heterocycles. The summed E-state index contributed by atoms with van der Waals surface area (Å²) in [7, 11) is 3.07. The summed E-state index contributed by atoms with van der Waals surface area (Å²) in [6, 6.07) is 11.4. The minimum atomic E-state index is -0.854. The number of carboxylic acid groups (broad SMARTS) is 1. The molecule has 0 unspecified atom stereocenters. The third-order valence-corrected chi connectivity index (χ3v) is 5.37. The number of benzene rings is 2. The molecule has 140 valence electrons. The van der Waals surface area contributed by atoms with Crippen LogP contribution >= 0.6 is 22.9 Å². The van der Waals surface area contributed by atoms with Gasteiger partial charge in [-0.15, -0.1) is 11.3 Å². The lowest BCUT2D eigenvalue weighted by Gasteiger charge is -2.11. The van der Waals surface area contributed by atoms with Crippen molar-refractivity contribution in [3.05, 3.63) is 52.0 Å². The fourth-order valence-corrected chi connectivity index (χ4v) is 4.02. The molecule has 0 saturated carbocycles. The van der Waals surface area contributed by atoms with Crippen LogP contribution in [0, 0.1) is 0 Å². The first kappa shape index (κ1) is 19.2. The van der Waals surface area contributed by atoms with E-state index in [0.717, 1.165) is 26.4 Å². The molecule has 0 bridgehead atoms. The summed E-state index contributed by atoms with van der Waals surface area (Å²) in [5, 5.41) is 10.3. The highest BCUT2D eigenvalue weighted by Crippen LogP contribution is 2.38. The molecule has 1 aromatic heterocycles. The Balaban J connectivity index is 2.07. The Bertz CT molecular complexity index is 979. The van der Waals surface area contributed by atoms with Crippen molar-refractivity contribution in [3.8, 4) is 11.5 Å². The second-order valence-electron chi connectivity index (χ2n) is 5.79. The number of para-hydroxylation sites is 1. The van der Waals surface area contributed by atoms with Gasteiger partial charge in [-0.1, -0.05) is 23.7 Å². The Morgan fingerprint density at radius 3 is 2.67 bits per heavy atom. The third kappa shape index (κ3) is 4.40. The van der Waals surface area contributed by atoms with E-state index in [9.17, 15) is 4.79 Å². The first-order chi connectivity index (χ1) is 13.0. The Morgan fingerprint density at radius 2 is 2.00 bits per heavy atom. The first-order valence-electron chi connectivity index (χ1n) is 8.21. The van der Waals surface area contributed by atoms with Crippen LogP contribution in [0.25, 0.3) is 21.9 Å². The molecule has 0 saturated heterocycles. The van der Waals surface area contributed by atoms with E-state index in [1.54, 1.807) is 19.2 Å². The molecule has 0 fully saturated rings. The zero-order chi connectivity index (χ0) is 19.4. The maximum absolute atomic E-state index is 11.1. The summed E-state index contributed by atoms with van der Waals surface area (Å²) in [5.41, 5.74) is 2.52. The molecule has 5 nitrogen and oxygen atoms in total. The molecule has 0 aliphatic carbocycles. The third-order valence-electron chi connectivity index (χ3n) is 3.97. The average Bonchev–Trinajstić information content (AvgIpc) is 3.08. The molecule has 7 heteroatoms. The molecule has 0 radical (unpaired) electrons. The number of allylic oxidation sites excluding steroid dienone is 1. The van der Waals surface area contributed by atoms with Crippen molar-refractivity contribution in [2.75, 3.05) is 14.2 Å². The Labute approximate surface area is 165 Å². The van der Waals surface area contributed by atoms with Gasteiger partial charge in [0, 0.05) is 6.42 Å². The normalized spacial score (nSPS) is 11.6. The number of aliphatic carboxylic acids is 1. The van der Waals surface area contributed by atoms with Gasteiger partial charge in [-0.25, -0.2) is 4.98 Å².